The number of fused-ring (bicyclic) bond motifs is 1. The van der Waals surface area contributed by atoms with Crippen molar-refractivity contribution in [3.05, 3.63) is 93.9 Å². The molecule has 32 heavy (non-hydrogen) atoms. The Morgan fingerprint density at radius 1 is 1.06 bits per heavy atom. The van der Waals surface area contributed by atoms with Crippen molar-refractivity contribution >= 4 is 27.5 Å². The number of aryl methyl sites for hydroxylation is 1. The molecule has 0 aliphatic rings. The fourth-order valence-corrected chi connectivity index (χ4v) is 4.08. The number of ether oxygens (including phenoxy) is 1. The minimum absolute atomic E-state index is 0.0394. The highest BCUT2D eigenvalue weighted by molar-refractivity contribution is 7.16. The summed E-state index contributed by atoms with van der Waals surface area (Å²) < 4.78 is 30.7. The van der Waals surface area contributed by atoms with E-state index in [1.165, 1.54) is 34.4 Å². The molecule has 1 atom stereocenters. The molecule has 0 fully saturated rings. The Morgan fingerprint density at radius 3 is 2.50 bits per heavy atom. The summed E-state index contributed by atoms with van der Waals surface area (Å²) in [7, 11) is 0. The average Bonchev–Trinajstić information content (AvgIpc) is 3.28. The van der Waals surface area contributed by atoms with Crippen LogP contribution in [0, 0.1) is 0 Å². The molecular formula is C23H19F2N3O3S. The Morgan fingerprint density at radius 2 is 1.78 bits per heavy atom. The van der Waals surface area contributed by atoms with Gasteiger partial charge in [0, 0.05) is 13.0 Å². The molecule has 0 aliphatic heterocycles. The molecule has 0 bridgehead atoms. The number of thiophene rings is 1. The molecular weight excluding hydrogens is 436 g/mol. The fraction of sp³-hybridized carbons (Fsp3) is 0.174. The second-order valence-electron chi connectivity index (χ2n) is 6.99. The molecule has 1 amide bonds. The van der Waals surface area contributed by atoms with E-state index in [0.717, 1.165) is 5.56 Å². The van der Waals surface area contributed by atoms with Crippen molar-refractivity contribution in [1.29, 1.82) is 0 Å². The zero-order valence-electron chi connectivity index (χ0n) is 16.8. The Kier molecular flexibility index (Phi) is 6.55. The normalized spacial score (nSPS) is 12.1. The minimum Gasteiger partial charge on any atom is -0.435 e. The minimum atomic E-state index is -2.91. The topological polar surface area (TPSA) is 73.2 Å². The molecule has 0 aliphatic carbocycles. The van der Waals surface area contributed by atoms with Crippen molar-refractivity contribution in [3.63, 3.8) is 0 Å². The molecule has 0 spiro atoms. The van der Waals surface area contributed by atoms with Crippen molar-refractivity contribution in [2.45, 2.75) is 25.6 Å². The van der Waals surface area contributed by atoms with Crippen molar-refractivity contribution in [2.24, 2.45) is 0 Å². The lowest BCUT2D eigenvalue weighted by Gasteiger charge is -2.20. The van der Waals surface area contributed by atoms with Crippen LogP contribution in [0.25, 0.3) is 10.2 Å². The molecule has 0 radical (unpaired) electrons. The molecule has 4 rings (SSSR count). The molecule has 1 N–H and O–H groups in total. The predicted octanol–water partition coefficient (Wildman–Crippen LogP) is 4.36. The van der Waals surface area contributed by atoms with Gasteiger partial charge in [0.15, 0.2) is 0 Å². The fourth-order valence-electron chi connectivity index (χ4n) is 3.35. The number of hydrogen-bond donors (Lipinski definition) is 1. The first-order valence-electron chi connectivity index (χ1n) is 9.83. The highest BCUT2D eigenvalue weighted by Gasteiger charge is 2.18. The largest absolute Gasteiger partial charge is 0.435 e. The van der Waals surface area contributed by atoms with E-state index in [4.69, 9.17) is 0 Å². The van der Waals surface area contributed by atoms with Crippen LogP contribution in [0.15, 0.2) is 77.2 Å². The number of amides is 1. The third-order valence-corrected chi connectivity index (χ3v) is 5.73. The van der Waals surface area contributed by atoms with Crippen molar-refractivity contribution < 1.29 is 18.3 Å². The Balaban J connectivity index is 1.49. The molecule has 6 nitrogen and oxygen atoms in total. The highest BCUT2D eigenvalue weighted by Crippen LogP contribution is 2.25. The van der Waals surface area contributed by atoms with Crippen LogP contribution in [0.5, 0.6) is 5.75 Å². The van der Waals surface area contributed by atoms with E-state index in [1.54, 1.807) is 23.6 Å². The maximum absolute atomic E-state index is 12.7. The van der Waals surface area contributed by atoms with Crippen LogP contribution in [0.4, 0.5) is 8.78 Å². The summed E-state index contributed by atoms with van der Waals surface area (Å²) in [6.45, 7) is -2.72. The number of hydrogen-bond acceptors (Lipinski definition) is 5. The van der Waals surface area contributed by atoms with Crippen molar-refractivity contribution in [1.82, 2.24) is 14.9 Å². The quantitative estimate of drug-likeness (QED) is 0.429. The Labute approximate surface area is 186 Å². The van der Waals surface area contributed by atoms with Gasteiger partial charge in [0.05, 0.1) is 17.8 Å². The van der Waals surface area contributed by atoms with E-state index in [-0.39, 0.29) is 30.2 Å². The predicted molar refractivity (Wildman–Crippen MR) is 118 cm³/mol. The lowest BCUT2D eigenvalue weighted by Crippen LogP contribution is -2.31. The van der Waals surface area contributed by atoms with Gasteiger partial charge in [-0.05, 0) is 34.7 Å². The SMILES string of the molecule is O=C(CCn1cnc2sccc2c1=O)NC(c1ccccc1)c1ccc(OC(F)F)cc1. The van der Waals surface area contributed by atoms with Gasteiger partial charge >= 0.3 is 6.61 Å². The van der Waals surface area contributed by atoms with Crippen molar-refractivity contribution in [3.8, 4) is 5.75 Å². The summed E-state index contributed by atoms with van der Waals surface area (Å²) in [4.78, 5) is 30.2. The maximum atomic E-state index is 12.7. The number of aromatic nitrogens is 2. The zero-order chi connectivity index (χ0) is 22.5. The number of carbonyl (C=O) groups excluding carboxylic acids is 1. The number of nitrogens with zero attached hydrogens (tertiary/aromatic N) is 2. The first-order valence-corrected chi connectivity index (χ1v) is 10.7. The van der Waals surface area contributed by atoms with Crippen LogP contribution in [0.3, 0.4) is 0 Å². The van der Waals surface area contributed by atoms with Gasteiger partial charge in [-0.25, -0.2) is 4.98 Å². The smallest absolute Gasteiger partial charge is 0.387 e. The third kappa shape index (κ3) is 5.00. The summed E-state index contributed by atoms with van der Waals surface area (Å²) in [5.41, 5.74) is 1.37. The first kappa shape index (κ1) is 21.6. The van der Waals surface area contributed by atoms with E-state index >= 15 is 0 Å². The van der Waals surface area contributed by atoms with Gasteiger partial charge in [0.1, 0.15) is 10.6 Å². The Hall–Kier alpha value is -3.59. The summed E-state index contributed by atoms with van der Waals surface area (Å²) in [6, 6.07) is 16.7. The van der Waals surface area contributed by atoms with Gasteiger partial charge in [-0.1, -0.05) is 42.5 Å². The molecule has 0 saturated carbocycles. The molecule has 9 heteroatoms. The van der Waals surface area contributed by atoms with Gasteiger partial charge in [-0.3, -0.25) is 14.2 Å². The standard InChI is InChI=1S/C23H19F2N3O3S/c24-23(25)31-17-8-6-16(7-9-17)20(15-4-2-1-3-5-15)27-19(29)10-12-28-14-26-21-18(22(28)30)11-13-32-21/h1-9,11,13-14,20,23H,10,12H2,(H,27,29). The van der Waals surface area contributed by atoms with Gasteiger partial charge < -0.3 is 10.1 Å². The van der Waals surface area contributed by atoms with E-state index in [0.29, 0.717) is 15.8 Å². The summed E-state index contributed by atoms with van der Waals surface area (Å²) in [5, 5.41) is 5.31. The van der Waals surface area contributed by atoms with Crippen LogP contribution in [0.1, 0.15) is 23.6 Å². The van der Waals surface area contributed by atoms with E-state index in [2.05, 4.69) is 15.0 Å². The van der Waals surface area contributed by atoms with E-state index in [1.807, 2.05) is 30.3 Å². The molecule has 1 unspecified atom stereocenters. The van der Waals surface area contributed by atoms with E-state index in [9.17, 15) is 18.4 Å². The second kappa shape index (κ2) is 9.69. The molecule has 2 heterocycles. The van der Waals surface area contributed by atoms with Gasteiger partial charge in [0.25, 0.3) is 5.56 Å². The summed E-state index contributed by atoms with van der Waals surface area (Å²) in [6.07, 6.45) is 1.53. The van der Waals surface area contributed by atoms with Crippen LogP contribution >= 0.6 is 11.3 Å². The van der Waals surface area contributed by atoms with Gasteiger partial charge in [-0.2, -0.15) is 8.78 Å². The number of benzene rings is 2. The number of carbonyl (C=O) groups is 1. The van der Waals surface area contributed by atoms with Crippen LogP contribution in [-0.4, -0.2) is 22.1 Å². The molecule has 2 aromatic heterocycles. The number of halogens is 2. The van der Waals surface area contributed by atoms with Crippen LogP contribution in [-0.2, 0) is 11.3 Å². The van der Waals surface area contributed by atoms with Crippen molar-refractivity contribution in [2.75, 3.05) is 0 Å². The average molecular weight is 455 g/mol. The second-order valence-corrected chi connectivity index (χ2v) is 7.89. The maximum Gasteiger partial charge on any atom is 0.387 e. The lowest BCUT2D eigenvalue weighted by atomic mass is 9.98. The summed E-state index contributed by atoms with van der Waals surface area (Å²) in [5.74, 6) is -0.221. The number of alkyl halides is 2. The molecule has 0 saturated heterocycles. The van der Waals surface area contributed by atoms with Crippen LogP contribution < -0.4 is 15.6 Å². The zero-order valence-corrected chi connectivity index (χ0v) is 17.6. The molecule has 4 aromatic rings. The lowest BCUT2D eigenvalue weighted by molar-refractivity contribution is -0.121. The van der Waals surface area contributed by atoms with Gasteiger partial charge in [-0.15, -0.1) is 11.3 Å². The first-order chi connectivity index (χ1) is 15.5. The van der Waals surface area contributed by atoms with Gasteiger partial charge in [0.2, 0.25) is 5.91 Å². The summed E-state index contributed by atoms with van der Waals surface area (Å²) >= 11 is 1.39. The molecule has 164 valence electrons. The molecule has 2 aromatic carbocycles. The number of nitrogens with one attached hydrogen (secondary N) is 1. The van der Waals surface area contributed by atoms with E-state index < -0.39 is 12.7 Å². The Bertz CT molecular complexity index is 1260. The highest BCUT2D eigenvalue weighted by atomic mass is 32.1. The third-order valence-electron chi connectivity index (χ3n) is 4.91. The number of rotatable bonds is 8. The van der Waals surface area contributed by atoms with Crippen LogP contribution in [0.2, 0.25) is 0 Å². The monoisotopic (exact) mass is 455 g/mol.